The van der Waals surface area contributed by atoms with Gasteiger partial charge in [-0.05, 0) is 30.0 Å². The molecule has 4 heteroatoms. The van der Waals surface area contributed by atoms with Gasteiger partial charge in [0.25, 0.3) is 11.7 Å². The number of hydrogen-bond donors (Lipinski definition) is 0. The van der Waals surface area contributed by atoms with E-state index in [1.165, 1.54) is 0 Å². The van der Waals surface area contributed by atoms with Gasteiger partial charge < -0.3 is 9.64 Å². The number of hydrogen-bond acceptors (Lipinski definition) is 3. The summed E-state index contributed by atoms with van der Waals surface area (Å²) in [6, 6.07) is 21.1. The van der Waals surface area contributed by atoms with Crippen LogP contribution in [0.2, 0.25) is 0 Å². The molecule has 4 nitrogen and oxygen atoms in total. The second-order valence-corrected chi connectivity index (χ2v) is 5.98. The van der Waals surface area contributed by atoms with Gasteiger partial charge in [0, 0.05) is 11.9 Å². The van der Waals surface area contributed by atoms with Crippen LogP contribution in [0.25, 0.3) is 10.8 Å². The van der Waals surface area contributed by atoms with Crippen LogP contribution in [-0.4, -0.2) is 24.8 Å². The molecule has 3 aromatic rings. The van der Waals surface area contributed by atoms with E-state index >= 15 is 0 Å². The van der Waals surface area contributed by atoms with E-state index in [0.717, 1.165) is 16.5 Å². The van der Waals surface area contributed by atoms with Gasteiger partial charge >= 0.3 is 0 Å². The number of benzene rings is 3. The van der Waals surface area contributed by atoms with E-state index in [1.807, 2.05) is 54.6 Å². The number of anilines is 1. The van der Waals surface area contributed by atoms with Gasteiger partial charge in [-0.3, -0.25) is 9.59 Å². The summed E-state index contributed by atoms with van der Waals surface area (Å²) in [6.45, 7) is 0.945. The van der Waals surface area contributed by atoms with Gasteiger partial charge in [0.05, 0.1) is 17.9 Å². The lowest BCUT2D eigenvalue weighted by Crippen LogP contribution is -2.31. The first-order chi connectivity index (χ1) is 12.3. The first-order valence-corrected chi connectivity index (χ1v) is 8.31. The maximum Gasteiger partial charge on any atom is 0.299 e. The third-order valence-electron chi connectivity index (χ3n) is 4.41. The number of para-hydroxylation sites is 1. The first kappa shape index (κ1) is 15.4. The van der Waals surface area contributed by atoms with E-state index in [0.29, 0.717) is 30.8 Å². The maximum absolute atomic E-state index is 12.1. The van der Waals surface area contributed by atoms with Crippen molar-refractivity contribution >= 4 is 28.2 Å². The van der Waals surface area contributed by atoms with Gasteiger partial charge in [-0.2, -0.15) is 0 Å². The molecular weight excluding hydrogens is 314 g/mol. The zero-order chi connectivity index (χ0) is 17.2. The largest absolute Gasteiger partial charge is 0.493 e. The molecule has 124 valence electrons. The summed E-state index contributed by atoms with van der Waals surface area (Å²) in [5, 5.41) is 2.21. The summed E-state index contributed by atoms with van der Waals surface area (Å²) >= 11 is 0. The van der Waals surface area contributed by atoms with Crippen LogP contribution in [0.1, 0.15) is 16.8 Å². The van der Waals surface area contributed by atoms with Crippen molar-refractivity contribution in [3.63, 3.8) is 0 Å². The normalized spacial score (nSPS) is 13.4. The highest BCUT2D eigenvalue weighted by molar-refractivity contribution is 6.52. The van der Waals surface area contributed by atoms with E-state index in [9.17, 15) is 9.59 Å². The maximum atomic E-state index is 12.1. The number of nitrogens with zero attached hydrogens (tertiary/aromatic N) is 1. The summed E-state index contributed by atoms with van der Waals surface area (Å²) in [7, 11) is 0. The van der Waals surface area contributed by atoms with Crippen LogP contribution in [0.15, 0.2) is 66.7 Å². The van der Waals surface area contributed by atoms with Crippen LogP contribution in [0, 0.1) is 0 Å². The summed E-state index contributed by atoms with van der Waals surface area (Å²) in [5.41, 5.74) is 1.19. The molecule has 1 heterocycles. The average Bonchev–Trinajstić information content (AvgIpc) is 2.90. The van der Waals surface area contributed by atoms with Gasteiger partial charge in [-0.1, -0.05) is 48.5 Å². The number of amides is 1. The van der Waals surface area contributed by atoms with Crippen molar-refractivity contribution in [2.45, 2.75) is 6.42 Å². The highest BCUT2D eigenvalue weighted by Gasteiger charge is 2.34. The third-order valence-corrected chi connectivity index (χ3v) is 4.41. The number of ether oxygens (including phenoxy) is 1. The highest BCUT2D eigenvalue weighted by Crippen LogP contribution is 2.29. The predicted molar refractivity (Wildman–Crippen MR) is 97.2 cm³/mol. The van der Waals surface area contributed by atoms with Crippen molar-refractivity contribution in [2.75, 3.05) is 18.1 Å². The molecule has 0 radical (unpaired) electrons. The quantitative estimate of drug-likeness (QED) is 0.527. The molecule has 0 atom stereocenters. The lowest BCUT2D eigenvalue weighted by molar-refractivity contribution is -0.114. The highest BCUT2D eigenvalue weighted by atomic mass is 16.5. The van der Waals surface area contributed by atoms with E-state index in [1.54, 1.807) is 17.0 Å². The molecule has 1 aliphatic heterocycles. The minimum absolute atomic E-state index is 0.425. The zero-order valence-electron chi connectivity index (χ0n) is 13.6. The van der Waals surface area contributed by atoms with E-state index < -0.39 is 11.7 Å². The lowest BCUT2D eigenvalue weighted by atomic mass is 10.1. The molecule has 0 spiro atoms. The molecular formula is C21H17NO3. The Morgan fingerprint density at radius 1 is 0.840 bits per heavy atom. The van der Waals surface area contributed by atoms with Crippen molar-refractivity contribution in [1.82, 2.24) is 0 Å². The van der Waals surface area contributed by atoms with Crippen LogP contribution >= 0.6 is 0 Å². The Balaban J connectivity index is 1.42. The Bertz CT molecular complexity index is 959. The molecule has 1 aliphatic rings. The average molecular weight is 331 g/mol. The molecule has 1 amide bonds. The summed E-state index contributed by atoms with van der Waals surface area (Å²) in [5.74, 6) is -0.0424. The van der Waals surface area contributed by atoms with Crippen LogP contribution in [0.4, 0.5) is 5.69 Å². The Morgan fingerprint density at radius 2 is 1.60 bits per heavy atom. The molecule has 4 rings (SSSR count). The molecule has 0 fully saturated rings. The SMILES string of the molecule is O=C1C(=O)N(CCCOc2cccc3ccccc23)c2ccccc21. The van der Waals surface area contributed by atoms with Gasteiger partial charge in [0.15, 0.2) is 0 Å². The van der Waals surface area contributed by atoms with E-state index in [-0.39, 0.29) is 0 Å². The minimum atomic E-state index is -0.452. The standard InChI is InChI=1S/C21H17NO3/c23-20-17-10-3-4-11-18(17)22(21(20)24)13-6-14-25-19-12-5-8-15-7-1-2-9-16(15)19/h1-5,7-12H,6,13-14H2. The minimum Gasteiger partial charge on any atom is -0.493 e. The van der Waals surface area contributed by atoms with Crippen molar-refractivity contribution in [2.24, 2.45) is 0 Å². The van der Waals surface area contributed by atoms with Crippen LogP contribution in [0.3, 0.4) is 0 Å². The van der Waals surface area contributed by atoms with E-state index in [2.05, 4.69) is 0 Å². The fourth-order valence-corrected chi connectivity index (χ4v) is 3.20. The van der Waals surface area contributed by atoms with Gasteiger partial charge in [-0.25, -0.2) is 0 Å². The van der Waals surface area contributed by atoms with Crippen LogP contribution < -0.4 is 9.64 Å². The second kappa shape index (κ2) is 6.40. The number of rotatable bonds is 5. The van der Waals surface area contributed by atoms with Gasteiger partial charge in [-0.15, -0.1) is 0 Å². The Kier molecular flexibility index (Phi) is 3.94. The fraction of sp³-hybridized carbons (Fsp3) is 0.143. The van der Waals surface area contributed by atoms with E-state index in [4.69, 9.17) is 4.74 Å². The predicted octanol–water partition coefficient (Wildman–Crippen LogP) is 3.84. The van der Waals surface area contributed by atoms with Crippen molar-refractivity contribution < 1.29 is 14.3 Å². The smallest absolute Gasteiger partial charge is 0.299 e. The summed E-state index contributed by atoms with van der Waals surface area (Å²) in [4.78, 5) is 25.7. The number of carbonyl (C=O) groups is 2. The molecule has 0 saturated carbocycles. The number of ketones is 1. The zero-order valence-corrected chi connectivity index (χ0v) is 13.6. The molecule has 0 unspecified atom stereocenters. The van der Waals surface area contributed by atoms with Crippen molar-refractivity contribution in [1.29, 1.82) is 0 Å². The van der Waals surface area contributed by atoms with Gasteiger partial charge in [0.2, 0.25) is 0 Å². The molecule has 0 aliphatic carbocycles. The molecule has 0 aromatic heterocycles. The number of carbonyl (C=O) groups excluding carboxylic acids is 2. The first-order valence-electron chi connectivity index (χ1n) is 8.31. The monoisotopic (exact) mass is 331 g/mol. The number of fused-ring (bicyclic) bond motifs is 2. The molecule has 25 heavy (non-hydrogen) atoms. The van der Waals surface area contributed by atoms with Crippen LogP contribution in [0.5, 0.6) is 5.75 Å². The van der Waals surface area contributed by atoms with Crippen molar-refractivity contribution in [3.8, 4) is 5.75 Å². The Labute approximate surface area is 145 Å². The van der Waals surface area contributed by atoms with Gasteiger partial charge in [0.1, 0.15) is 5.75 Å². The molecule has 0 saturated heterocycles. The second-order valence-electron chi connectivity index (χ2n) is 5.98. The number of Topliss-reactive ketones (excluding diaryl/α,β-unsaturated/α-hetero) is 1. The fourth-order valence-electron chi connectivity index (χ4n) is 3.20. The molecule has 3 aromatic carbocycles. The summed E-state index contributed by atoms with van der Waals surface area (Å²) in [6.07, 6.45) is 0.649. The molecule has 0 bridgehead atoms. The third kappa shape index (κ3) is 2.76. The lowest BCUT2D eigenvalue weighted by Gasteiger charge is -2.16. The molecule has 0 N–H and O–H groups in total. The topological polar surface area (TPSA) is 46.6 Å². The Hall–Kier alpha value is -3.14. The van der Waals surface area contributed by atoms with Crippen LogP contribution in [-0.2, 0) is 4.79 Å². The summed E-state index contributed by atoms with van der Waals surface area (Å²) < 4.78 is 5.91. The Morgan fingerprint density at radius 3 is 2.52 bits per heavy atom. The van der Waals surface area contributed by atoms with Crippen molar-refractivity contribution in [3.05, 3.63) is 72.3 Å².